The molecule has 1 aromatic carbocycles. The summed E-state index contributed by atoms with van der Waals surface area (Å²) in [6.45, 7) is 2.29. The number of sulfonamides is 1. The van der Waals surface area contributed by atoms with Gasteiger partial charge in [-0.2, -0.15) is 0 Å². The molecule has 1 N–H and O–H groups in total. The Hall–Kier alpha value is -1.64. The number of nitrogens with zero attached hydrogens (tertiary/aromatic N) is 1. The molecule has 144 valence electrons. The summed E-state index contributed by atoms with van der Waals surface area (Å²) in [6.07, 6.45) is 4.76. The second-order valence-electron chi connectivity index (χ2n) is 6.70. The molecular weight excluding hydrogens is 356 g/mol. The molecule has 7 nitrogen and oxygen atoms in total. The van der Waals surface area contributed by atoms with Crippen LogP contribution in [0.25, 0.3) is 0 Å². The van der Waals surface area contributed by atoms with Gasteiger partial charge in [0.05, 0.1) is 23.7 Å². The number of ether oxygens (including phenoxy) is 2. The summed E-state index contributed by atoms with van der Waals surface area (Å²) in [5.74, 6) is 0.205. The fourth-order valence-electron chi connectivity index (χ4n) is 3.38. The van der Waals surface area contributed by atoms with Crippen molar-refractivity contribution in [3.8, 4) is 5.75 Å². The maximum absolute atomic E-state index is 12.8. The van der Waals surface area contributed by atoms with Crippen molar-refractivity contribution in [2.24, 2.45) is 0 Å². The van der Waals surface area contributed by atoms with E-state index in [4.69, 9.17) is 9.47 Å². The molecule has 2 saturated heterocycles. The van der Waals surface area contributed by atoms with Gasteiger partial charge in [-0.25, -0.2) is 13.1 Å². The van der Waals surface area contributed by atoms with Gasteiger partial charge < -0.3 is 14.4 Å². The van der Waals surface area contributed by atoms with Crippen molar-refractivity contribution in [2.45, 2.75) is 43.1 Å². The summed E-state index contributed by atoms with van der Waals surface area (Å²) in [5, 5.41) is 0. The number of likely N-dealkylation sites (tertiary alicyclic amines) is 1. The van der Waals surface area contributed by atoms with Crippen molar-refractivity contribution >= 4 is 15.9 Å². The second kappa shape index (κ2) is 8.37. The Morgan fingerprint density at radius 1 is 1.27 bits per heavy atom. The predicted molar refractivity (Wildman–Crippen MR) is 96.9 cm³/mol. The van der Waals surface area contributed by atoms with Gasteiger partial charge in [0, 0.05) is 26.2 Å². The van der Waals surface area contributed by atoms with Crippen LogP contribution >= 0.6 is 0 Å². The van der Waals surface area contributed by atoms with Crippen LogP contribution in [0.5, 0.6) is 5.75 Å². The van der Waals surface area contributed by atoms with E-state index in [1.165, 1.54) is 25.3 Å². The predicted octanol–water partition coefficient (Wildman–Crippen LogP) is 1.78. The molecule has 2 aliphatic heterocycles. The Morgan fingerprint density at radius 3 is 2.69 bits per heavy atom. The fourth-order valence-corrected chi connectivity index (χ4v) is 4.47. The number of hydrogen-bond donors (Lipinski definition) is 1. The molecule has 0 aromatic heterocycles. The minimum Gasteiger partial charge on any atom is -0.496 e. The molecule has 1 aromatic rings. The van der Waals surface area contributed by atoms with Crippen LogP contribution in [0.3, 0.4) is 0 Å². The molecule has 0 bridgehead atoms. The van der Waals surface area contributed by atoms with Crippen LogP contribution in [-0.2, 0) is 14.8 Å². The minimum absolute atomic E-state index is 0.0663. The van der Waals surface area contributed by atoms with E-state index in [1.807, 2.05) is 0 Å². The zero-order valence-corrected chi connectivity index (χ0v) is 15.9. The van der Waals surface area contributed by atoms with Crippen LogP contribution in [-0.4, -0.2) is 58.7 Å². The topological polar surface area (TPSA) is 84.9 Å². The summed E-state index contributed by atoms with van der Waals surface area (Å²) in [7, 11) is -2.24. The van der Waals surface area contributed by atoms with E-state index >= 15 is 0 Å². The smallest absolute Gasteiger partial charge is 0.257 e. The molecule has 0 unspecified atom stereocenters. The Balaban J connectivity index is 1.80. The normalized spacial score (nSPS) is 21.0. The van der Waals surface area contributed by atoms with Crippen molar-refractivity contribution in [2.75, 3.05) is 33.4 Å². The molecule has 0 radical (unpaired) electrons. The molecule has 3 rings (SSSR count). The number of piperidine rings is 1. The average Bonchev–Trinajstić information content (AvgIpc) is 3.20. The van der Waals surface area contributed by atoms with Gasteiger partial charge in [0.25, 0.3) is 5.91 Å². The van der Waals surface area contributed by atoms with Crippen molar-refractivity contribution in [1.29, 1.82) is 0 Å². The maximum atomic E-state index is 12.8. The molecule has 26 heavy (non-hydrogen) atoms. The lowest BCUT2D eigenvalue weighted by Gasteiger charge is -2.27. The zero-order chi connectivity index (χ0) is 18.6. The van der Waals surface area contributed by atoms with Crippen LogP contribution in [0.4, 0.5) is 0 Å². The first kappa shape index (κ1) is 19.1. The monoisotopic (exact) mass is 382 g/mol. The highest BCUT2D eigenvalue weighted by Crippen LogP contribution is 2.25. The third-order valence-corrected chi connectivity index (χ3v) is 6.30. The molecular formula is C18H26N2O5S. The number of carbonyl (C=O) groups is 1. The van der Waals surface area contributed by atoms with E-state index in [2.05, 4.69) is 4.72 Å². The van der Waals surface area contributed by atoms with Crippen LogP contribution in [0.1, 0.15) is 42.5 Å². The van der Waals surface area contributed by atoms with Crippen LogP contribution in [0, 0.1) is 0 Å². The summed E-state index contributed by atoms with van der Waals surface area (Å²) in [5.41, 5.74) is 0.286. The van der Waals surface area contributed by atoms with Gasteiger partial charge in [-0.1, -0.05) is 0 Å². The molecule has 2 heterocycles. The van der Waals surface area contributed by atoms with Gasteiger partial charge >= 0.3 is 0 Å². The molecule has 0 aliphatic carbocycles. The molecule has 0 spiro atoms. The van der Waals surface area contributed by atoms with E-state index in [-0.39, 0.29) is 29.0 Å². The largest absolute Gasteiger partial charge is 0.496 e. The van der Waals surface area contributed by atoms with Gasteiger partial charge in [-0.3, -0.25) is 4.79 Å². The van der Waals surface area contributed by atoms with Crippen LogP contribution in [0.15, 0.2) is 23.1 Å². The Kier molecular flexibility index (Phi) is 6.16. The number of nitrogens with one attached hydrogen (secondary N) is 1. The molecule has 2 aliphatic rings. The average molecular weight is 382 g/mol. The minimum atomic E-state index is -3.72. The van der Waals surface area contributed by atoms with Crippen molar-refractivity contribution in [3.63, 3.8) is 0 Å². The highest BCUT2D eigenvalue weighted by atomic mass is 32.2. The number of hydrogen-bond acceptors (Lipinski definition) is 5. The summed E-state index contributed by atoms with van der Waals surface area (Å²) in [4.78, 5) is 14.7. The lowest BCUT2D eigenvalue weighted by molar-refractivity contribution is 0.0720. The summed E-state index contributed by atoms with van der Waals surface area (Å²) < 4.78 is 38.5. The Morgan fingerprint density at radius 2 is 2.04 bits per heavy atom. The molecule has 1 atom stereocenters. The van der Waals surface area contributed by atoms with Crippen LogP contribution < -0.4 is 9.46 Å². The van der Waals surface area contributed by atoms with Gasteiger partial charge in [0.15, 0.2) is 0 Å². The van der Waals surface area contributed by atoms with Gasteiger partial charge in [0.2, 0.25) is 10.0 Å². The van der Waals surface area contributed by atoms with Crippen molar-refractivity contribution in [1.82, 2.24) is 9.62 Å². The Labute approximate surface area is 154 Å². The van der Waals surface area contributed by atoms with Gasteiger partial charge in [-0.15, -0.1) is 0 Å². The van der Waals surface area contributed by atoms with Crippen LogP contribution in [0.2, 0.25) is 0 Å². The maximum Gasteiger partial charge on any atom is 0.257 e. The van der Waals surface area contributed by atoms with E-state index in [9.17, 15) is 13.2 Å². The second-order valence-corrected chi connectivity index (χ2v) is 8.47. The molecule has 8 heteroatoms. The van der Waals surface area contributed by atoms with E-state index in [0.717, 1.165) is 32.1 Å². The first-order valence-electron chi connectivity index (χ1n) is 9.10. The molecule has 2 fully saturated rings. The number of benzene rings is 1. The highest BCUT2D eigenvalue weighted by molar-refractivity contribution is 7.89. The third kappa shape index (κ3) is 4.36. The first-order valence-corrected chi connectivity index (χ1v) is 10.6. The SMILES string of the molecule is COc1ccc(S(=O)(=O)NC[C@H]2CCCO2)cc1C(=O)N1CCCCC1. The lowest BCUT2D eigenvalue weighted by atomic mass is 10.1. The third-order valence-electron chi connectivity index (χ3n) is 4.88. The number of carbonyl (C=O) groups excluding carboxylic acids is 1. The quantitative estimate of drug-likeness (QED) is 0.811. The Bertz CT molecular complexity index is 738. The van der Waals surface area contributed by atoms with Crippen molar-refractivity contribution in [3.05, 3.63) is 23.8 Å². The fraction of sp³-hybridized carbons (Fsp3) is 0.611. The molecule has 1 amide bonds. The van der Waals surface area contributed by atoms with E-state index in [0.29, 0.717) is 25.4 Å². The lowest BCUT2D eigenvalue weighted by Crippen LogP contribution is -2.36. The van der Waals surface area contributed by atoms with Gasteiger partial charge in [0.1, 0.15) is 5.75 Å². The summed E-state index contributed by atoms with van der Waals surface area (Å²) in [6, 6.07) is 4.41. The number of rotatable bonds is 6. The number of methoxy groups -OCH3 is 1. The first-order chi connectivity index (χ1) is 12.5. The number of amides is 1. The standard InChI is InChI=1S/C18H26N2O5S/c1-24-17-8-7-15(26(22,23)19-13-14-6-5-11-25-14)12-16(17)18(21)20-9-3-2-4-10-20/h7-8,12,14,19H,2-6,9-11,13H2,1H3/t14-/m1/s1. The van der Waals surface area contributed by atoms with E-state index in [1.54, 1.807) is 4.90 Å². The highest BCUT2D eigenvalue weighted by Gasteiger charge is 2.25. The van der Waals surface area contributed by atoms with Crippen molar-refractivity contribution < 1.29 is 22.7 Å². The van der Waals surface area contributed by atoms with Gasteiger partial charge in [-0.05, 0) is 50.3 Å². The zero-order valence-electron chi connectivity index (χ0n) is 15.1. The molecule has 0 saturated carbocycles. The summed E-state index contributed by atoms with van der Waals surface area (Å²) >= 11 is 0. The van der Waals surface area contributed by atoms with E-state index < -0.39 is 10.0 Å².